The molecule has 0 N–H and O–H groups in total. The zero-order chi connectivity index (χ0) is 6.95. The molecule has 0 rings (SSSR count). The molecule has 0 aliphatic rings. The predicted octanol–water partition coefficient (Wildman–Crippen LogP) is 2.33. The van der Waals surface area contributed by atoms with Crippen LogP contribution in [0.4, 0.5) is 0 Å². The van der Waals surface area contributed by atoms with E-state index < -0.39 is 0 Å². The van der Waals surface area contributed by atoms with Crippen LogP contribution in [0.1, 0.15) is 6.92 Å². The summed E-state index contributed by atoms with van der Waals surface area (Å²) in [6.45, 7) is 5.44. The number of rotatable bonds is 3. The third-order valence-electron chi connectivity index (χ3n) is 0.667. The average Bonchev–Trinajstić information content (AvgIpc) is 1.89. The van der Waals surface area contributed by atoms with Crippen molar-refractivity contribution in [2.24, 2.45) is 4.99 Å². The van der Waals surface area contributed by atoms with Crippen LogP contribution in [0.25, 0.3) is 0 Å². The Morgan fingerprint density at radius 2 is 2.11 bits per heavy atom. The Bertz CT molecular complexity index is 141. The maximum atomic E-state index is 3.85. The fourth-order valence-corrected chi connectivity index (χ4v) is 0.321. The summed E-state index contributed by atoms with van der Waals surface area (Å²) >= 11 is 0. The van der Waals surface area contributed by atoms with Crippen molar-refractivity contribution in [3.05, 3.63) is 37.1 Å². The van der Waals surface area contributed by atoms with E-state index in [1.165, 1.54) is 0 Å². The van der Waals surface area contributed by atoms with E-state index in [0.717, 1.165) is 0 Å². The quantitative estimate of drug-likeness (QED) is 0.401. The molecule has 0 fully saturated rings. The predicted molar refractivity (Wildman–Crippen MR) is 42.6 cm³/mol. The molecule has 48 valence electrons. The third kappa shape index (κ3) is 6.89. The first-order chi connectivity index (χ1) is 4.41. The van der Waals surface area contributed by atoms with E-state index in [0.29, 0.717) is 0 Å². The molecule has 0 radical (unpaired) electrons. The fourth-order valence-electron chi connectivity index (χ4n) is 0.321. The molecule has 0 aromatic carbocycles. The number of hydrogen-bond acceptors (Lipinski definition) is 1. The van der Waals surface area contributed by atoms with Crippen molar-refractivity contribution in [3.8, 4) is 0 Å². The van der Waals surface area contributed by atoms with E-state index in [-0.39, 0.29) is 0 Å². The summed E-state index contributed by atoms with van der Waals surface area (Å²) in [6.07, 6.45) is 10.7. The first kappa shape index (κ1) is 7.89. The number of nitrogens with zero attached hydrogens (tertiary/aromatic N) is 1. The second-order valence-corrected chi connectivity index (χ2v) is 1.40. The van der Waals surface area contributed by atoms with Crippen molar-refractivity contribution in [2.75, 3.05) is 0 Å². The summed E-state index contributed by atoms with van der Waals surface area (Å²) in [5.41, 5.74) is 0. The van der Waals surface area contributed by atoms with E-state index in [4.69, 9.17) is 0 Å². The lowest BCUT2D eigenvalue weighted by molar-refractivity contribution is 1.59. The summed E-state index contributed by atoms with van der Waals surface area (Å²) in [5.74, 6) is 0. The van der Waals surface area contributed by atoms with Crippen LogP contribution >= 0.6 is 0 Å². The van der Waals surface area contributed by atoms with Gasteiger partial charge in [-0.25, -0.2) is 0 Å². The zero-order valence-corrected chi connectivity index (χ0v) is 5.62. The van der Waals surface area contributed by atoms with Gasteiger partial charge in [-0.1, -0.05) is 24.8 Å². The van der Waals surface area contributed by atoms with Gasteiger partial charge in [-0.3, -0.25) is 4.99 Å². The molecule has 1 heteroatoms. The van der Waals surface area contributed by atoms with Crippen molar-refractivity contribution in [2.45, 2.75) is 6.92 Å². The molecule has 0 atom stereocenters. The van der Waals surface area contributed by atoms with Gasteiger partial charge in [-0.15, -0.1) is 0 Å². The van der Waals surface area contributed by atoms with E-state index in [1.54, 1.807) is 18.5 Å². The lowest BCUT2D eigenvalue weighted by atomic mass is 10.5. The Morgan fingerprint density at radius 3 is 2.67 bits per heavy atom. The van der Waals surface area contributed by atoms with Gasteiger partial charge in [0.2, 0.25) is 0 Å². The molecule has 1 nitrogen and oxygen atoms in total. The molecule has 0 saturated heterocycles. The van der Waals surface area contributed by atoms with Crippen LogP contribution in [0.15, 0.2) is 42.1 Å². The first-order valence-corrected chi connectivity index (χ1v) is 2.84. The molecule has 0 heterocycles. The molecule has 0 bridgehead atoms. The normalized spacial score (nSPS) is 12.1. The zero-order valence-electron chi connectivity index (χ0n) is 5.62. The highest BCUT2D eigenvalue weighted by Gasteiger charge is 1.57. The van der Waals surface area contributed by atoms with E-state index >= 15 is 0 Å². The molecule has 9 heavy (non-hydrogen) atoms. The van der Waals surface area contributed by atoms with Gasteiger partial charge in [0.05, 0.1) is 0 Å². The van der Waals surface area contributed by atoms with Gasteiger partial charge in [-0.05, 0) is 13.0 Å². The smallest absolute Gasteiger partial charge is 0.0267 e. The maximum absolute atomic E-state index is 3.85. The number of aliphatic imine (C=N–C) groups is 1. The first-order valence-electron chi connectivity index (χ1n) is 2.84. The summed E-state index contributed by atoms with van der Waals surface area (Å²) in [6, 6.07) is 0. The maximum Gasteiger partial charge on any atom is 0.0267 e. The lowest BCUT2D eigenvalue weighted by Crippen LogP contribution is -1.55. The molecule has 0 amide bonds. The average molecular weight is 121 g/mol. The highest BCUT2D eigenvalue weighted by Crippen LogP contribution is 1.76. The van der Waals surface area contributed by atoms with Crippen LogP contribution in [0.3, 0.4) is 0 Å². The van der Waals surface area contributed by atoms with E-state index in [9.17, 15) is 0 Å². The van der Waals surface area contributed by atoms with Crippen molar-refractivity contribution in [3.63, 3.8) is 0 Å². The number of hydrogen-bond donors (Lipinski definition) is 0. The Labute approximate surface area is 56.1 Å². The third-order valence-corrected chi connectivity index (χ3v) is 0.667. The van der Waals surface area contributed by atoms with Crippen LogP contribution in [-0.4, -0.2) is 6.21 Å². The Morgan fingerprint density at radius 1 is 1.33 bits per heavy atom. The van der Waals surface area contributed by atoms with Crippen molar-refractivity contribution >= 4 is 6.21 Å². The molecule has 0 aromatic rings. The van der Waals surface area contributed by atoms with Crippen LogP contribution in [-0.2, 0) is 0 Å². The van der Waals surface area contributed by atoms with Crippen molar-refractivity contribution in [1.29, 1.82) is 0 Å². The molecule has 0 aliphatic carbocycles. The van der Waals surface area contributed by atoms with E-state index in [1.807, 2.05) is 25.2 Å². The SMILES string of the molecule is C=CC=N/C=C\C=C/C. The van der Waals surface area contributed by atoms with Gasteiger partial charge in [-0.2, -0.15) is 0 Å². The lowest BCUT2D eigenvalue weighted by Gasteiger charge is -1.70. The van der Waals surface area contributed by atoms with Gasteiger partial charge >= 0.3 is 0 Å². The molecule has 0 aliphatic heterocycles. The van der Waals surface area contributed by atoms with Gasteiger partial charge in [0, 0.05) is 12.4 Å². The molecular formula is C8H11N. The minimum absolute atomic E-state index is 1.64. The van der Waals surface area contributed by atoms with Crippen LogP contribution < -0.4 is 0 Å². The largest absolute Gasteiger partial charge is 0.265 e. The van der Waals surface area contributed by atoms with Gasteiger partial charge in [0.25, 0.3) is 0 Å². The van der Waals surface area contributed by atoms with Crippen LogP contribution in [0.2, 0.25) is 0 Å². The number of allylic oxidation sites excluding steroid dienone is 4. The highest BCUT2D eigenvalue weighted by atomic mass is 14.6. The summed E-state index contributed by atoms with van der Waals surface area (Å²) in [4.78, 5) is 3.85. The molecule has 0 aromatic heterocycles. The van der Waals surface area contributed by atoms with Crippen molar-refractivity contribution in [1.82, 2.24) is 0 Å². The molecule has 0 spiro atoms. The molecule has 0 saturated carbocycles. The Hall–Kier alpha value is -1.11. The van der Waals surface area contributed by atoms with Crippen LogP contribution in [0.5, 0.6) is 0 Å². The van der Waals surface area contributed by atoms with Gasteiger partial charge in [0.15, 0.2) is 0 Å². The highest BCUT2D eigenvalue weighted by molar-refractivity contribution is 5.70. The topological polar surface area (TPSA) is 12.4 Å². The minimum Gasteiger partial charge on any atom is -0.265 e. The second kappa shape index (κ2) is 6.89. The standard InChI is InChI=1S/C8H11N/c1-3-5-6-8-9-7-4-2/h3-8H,2H2,1H3/b5-3-,8-6-,9-7?. The minimum atomic E-state index is 1.64. The van der Waals surface area contributed by atoms with Crippen LogP contribution in [0, 0.1) is 0 Å². The second-order valence-electron chi connectivity index (χ2n) is 1.40. The summed E-state index contributed by atoms with van der Waals surface area (Å²) in [7, 11) is 0. The van der Waals surface area contributed by atoms with Gasteiger partial charge in [0.1, 0.15) is 0 Å². The monoisotopic (exact) mass is 121 g/mol. The Balaban J connectivity index is 3.46. The molecular weight excluding hydrogens is 110 g/mol. The molecule has 0 unspecified atom stereocenters. The van der Waals surface area contributed by atoms with Crippen molar-refractivity contribution < 1.29 is 0 Å². The Kier molecular flexibility index (Phi) is 6.04. The van der Waals surface area contributed by atoms with E-state index in [2.05, 4.69) is 11.6 Å². The summed E-state index contributed by atoms with van der Waals surface area (Å²) < 4.78 is 0. The van der Waals surface area contributed by atoms with Gasteiger partial charge < -0.3 is 0 Å². The fraction of sp³-hybridized carbons (Fsp3) is 0.125. The summed E-state index contributed by atoms with van der Waals surface area (Å²) in [5, 5.41) is 0.